The molecule has 0 radical (unpaired) electrons. The average Bonchev–Trinajstić information content (AvgIpc) is 2.82. The molecule has 0 aliphatic carbocycles. The van der Waals surface area contributed by atoms with E-state index >= 15 is 0 Å². The van der Waals surface area contributed by atoms with Gasteiger partial charge in [-0.05, 0) is 19.1 Å². The molecule has 0 unspecified atom stereocenters. The number of hydrogen-bond donors (Lipinski definition) is 1. The van der Waals surface area contributed by atoms with Crippen LogP contribution in [0.25, 0.3) is 11.0 Å². The molecule has 1 aliphatic heterocycles. The molecule has 1 aromatic carbocycles. The summed E-state index contributed by atoms with van der Waals surface area (Å²) in [5, 5.41) is 3.38. The number of fused-ring (bicyclic) bond motifs is 1. The van der Waals surface area contributed by atoms with Gasteiger partial charge in [0.2, 0.25) is 0 Å². The van der Waals surface area contributed by atoms with Gasteiger partial charge in [0.25, 0.3) is 0 Å². The number of aryl methyl sites for hydroxylation is 1. The van der Waals surface area contributed by atoms with Crippen LogP contribution in [0.1, 0.15) is 6.92 Å². The van der Waals surface area contributed by atoms with E-state index in [0.29, 0.717) is 0 Å². The summed E-state index contributed by atoms with van der Waals surface area (Å²) >= 11 is 0. The first-order valence-corrected chi connectivity index (χ1v) is 6.29. The maximum absolute atomic E-state index is 4.57. The van der Waals surface area contributed by atoms with Gasteiger partial charge < -0.3 is 14.8 Å². The molecule has 17 heavy (non-hydrogen) atoms. The minimum atomic E-state index is 0.974. The Hall–Kier alpha value is -1.55. The first-order valence-electron chi connectivity index (χ1n) is 6.29. The Morgan fingerprint density at radius 1 is 1.29 bits per heavy atom. The topological polar surface area (TPSA) is 33.1 Å². The smallest absolute Gasteiger partial charge is 0.112 e. The number of nitrogens with one attached hydrogen (secondary N) is 1. The molecule has 1 aliphatic rings. The number of rotatable bonds is 2. The fourth-order valence-corrected chi connectivity index (χ4v) is 2.49. The summed E-state index contributed by atoms with van der Waals surface area (Å²) in [6, 6.07) is 6.46. The van der Waals surface area contributed by atoms with Gasteiger partial charge in [-0.2, -0.15) is 0 Å². The predicted octanol–water partition coefficient (Wildman–Crippen LogP) is 1.47. The highest BCUT2D eigenvalue weighted by Crippen LogP contribution is 2.25. The molecule has 1 fully saturated rings. The average molecular weight is 230 g/mol. The van der Waals surface area contributed by atoms with Crippen LogP contribution in [-0.4, -0.2) is 35.7 Å². The monoisotopic (exact) mass is 230 g/mol. The summed E-state index contributed by atoms with van der Waals surface area (Å²) in [6.07, 6.45) is 1.94. The lowest BCUT2D eigenvalue weighted by Crippen LogP contribution is -2.43. The van der Waals surface area contributed by atoms with Crippen LogP contribution in [0.15, 0.2) is 24.5 Å². The van der Waals surface area contributed by atoms with Crippen molar-refractivity contribution in [2.45, 2.75) is 13.5 Å². The van der Waals surface area contributed by atoms with E-state index in [9.17, 15) is 0 Å². The number of imidazole rings is 1. The Bertz CT molecular complexity index is 511. The lowest BCUT2D eigenvalue weighted by Gasteiger charge is -2.29. The summed E-state index contributed by atoms with van der Waals surface area (Å²) in [6.45, 7) is 7.38. The van der Waals surface area contributed by atoms with E-state index in [0.717, 1.165) is 38.2 Å². The molecule has 0 atom stereocenters. The van der Waals surface area contributed by atoms with Gasteiger partial charge >= 0.3 is 0 Å². The third-order valence-corrected chi connectivity index (χ3v) is 3.43. The molecule has 4 nitrogen and oxygen atoms in total. The van der Waals surface area contributed by atoms with Crippen molar-refractivity contribution in [2.75, 3.05) is 31.1 Å². The molecule has 90 valence electrons. The van der Waals surface area contributed by atoms with Crippen molar-refractivity contribution >= 4 is 16.7 Å². The zero-order valence-electron chi connectivity index (χ0n) is 10.2. The fourth-order valence-electron chi connectivity index (χ4n) is 2.49. The molecule has 4 heteroatoms. The van der Waals surface area contributed by atoms with E-state index in [-0.39, 0.29) is 0 Å². The van der Waals surface area contributed by atoms with Crippen LogP contribution in [-0.2, 0) is 6.54 Å². The van der Waals surface area contributed by atoms with Gasteiger partial charge in [0.05, 0.1) is 17.5 Å². The van der Waals surface area contributed by atoms with Gasteiger partial charge in [-0.15, -0.1) is 0 Å². The molecule has 1 saturated heterocycles. The lowest BCUT2D eigenvalue weighted by molar-refractivity contribution is 0.590. The minimum Gasteiger partial charge on any atom is -0.367 e. The number of hydrogen-bond acceptors (Lipinski definition) is 3. The summed E-state index contributed by atoms with van der Waals surface area (Å²) in [5.41, 5.74) is 3.65. The second kappa shape index (κ2) is 4.37. The second-order valence-corrected chi connectivity index (χ2v) is 4.41. The fraction of sp³-hybridized carbons (Fsp3) is 0.462. The maximum atomic E-state index is 4.57. The summed E-state index contributed by atoms with van der Waals surface area (Å²) in [4.78, 5) is 6.99. The van der Waals surface area contributed by atoms with Crippen molar-refractivity contribution in [3.63, 3.8) is 0 Å². The molecule has 0 saturated carbocycles. The van der Waals surface area contributed by atoms with Crippen LogP contribution in [0.2, 0.25) is 0 Å². The van der Waals surface area contributed by atoms with E-state index in [1.165, 1.54) is 11.2 Å². The molecule has 0 spiro atoms. The van der Waals surface area contributed by atoms with E-state index in [4.69, 9.17) is 0 Å². The predicted molar refractivity (Wildman–Crippen MR) is 70.5 cm³/mol. The SMILES string of the molecule is CCn1cnc2c(N3CCNCC3)cccc21. The van der Waals surface area contributed by atoms with Gasteiger partial charge in [-0.1, -0.05) is 6.07 Å². The maximum Gasteiger partial charge on any atom is 0.112 e. The molecule has 2 heterocycles. The van der Waals surface area contributed by atoms with Crippen molar-refractivity contribution in [2.24, 2.45) is 0 Å². The number of piperazine rings is 1. The zero-order chi connectivity index (χ0) is 11.7. The van der Waals surface area contributed by atoms with E-state index < -0.39 is 0 Å². The van der Waals surface area contributed by atoms with E-state index in [1.807, 2.05) is 6.33 Å². The normalized spacial score (nSPS) is 16.6. The molecular formula is C13H18N4. The van der Waals surface area contributed by atoms with Crippen molar-refractivity contribution in [1.29, 1.82) is 0 Å². The molecule has 0 bridgehead atoms. The Labute approximate surface area is 101 Å². The summed E-state index contributed by atoms with van der Waals surface area (Å²) in [7, 11) is 0. The molecule has 2 aromatic rings. The molecule has 3 rings (SSSR count). The first-order chi connectivity index (χ1) is 8.40. The van der Waals surface area contributed by atoms with Crippen molar-refractivity contribution in [3.8, 4) is 0 Å². The van der Waals surface area contributed by atoms with Gasteiger partial charge in [0.15, 0.2) is 0 Å². The van der Waals surface area contributed by atoms with Crippen LogP contribution in [0.3, 0.4) is 0 Å². The molecule has 0 amide bonds. The molecule has 1 aromatic heterocycles. The van der Waals surface area contributed by atoms with Crippen LogP contribution in [0.4, 0.5) is 5.69 Å². The minimum absolute atomic E-state index is 0.974. The molecular weight excluding hydrogens is 212 g/mol. The standard InChI is InChI=1S/C13H18N4/c1-2-16-10-15-13-11(16)4-3-5-12(13)17-8-6-14-7-9-17/h3-5,10,14H,2,6-9H2,1H3. The van der Waals surface area contributed by atoms with Gasteiger partial charge in [0.1, 0.15) is 5.52 Å². The highest BCUT2D eigenvalue weighted by Gasteiger charge is 2.14. The largest absolute Gasteiger partial charge is 0.367 e. The lowest BCUT2D eigenvalue weighted by atomic mass is 10.2. The Morgan fingerprint density at radius 3 is 2.88 bits per heavy atom. The second-order valence-electron chi connectivity index (χ2n) is 4.41. The number of aromatic nitrogens is 2. The third-order valence-electron chi connectivity index (χ3n) is 3.43. The first kappa shape index (κ1) is 10.6. The van der Waals surface area contributed by atoms with E-state index in [1.54, 1.807) is 0 Å². The summed E-state index contributed by atoms with van der Waals surface area (Å²) in [5.74, 6) is 0. The Morgan fingerprint density at radius 2 is 2.12 bits per heavy atom. The van der Waals surface area contributed by atoms with Gasteiger partial charge in [0, 0.05) is 32.7 Å². The zero-order valence-corrected chi connectivity index (χ0v) is 10.2. The van der Waals surface area contributed by atoms with Crippen LogP contribution in [0, 0.1) is 0 Å². The Kier molecular flexibility index (Phi) is 2.73. The highest BCUT2D eigenvalue weighted by molar-refractivity contribution is 5.89. The number of anilines is 1. The molecule has 1 N–H and O–H groups in total. The van der Waals surface area contributed by atoms with Crippen LogP contribution in [0.5, 0.6) is 0 Å². The van der Waals surface area contributed by atoms with E-state index in [2.05, 4.69) is 44.9 Å². The van der Waals surface area contributed by atoms with Crippen molar-refractivity contribution in [3.05, 3.63) is 24.5 Å². The highest BCUT2D eigenvalue weighted by atomic mass is 15.2. The van der Waals surface area contributed by atoms with Crippen LogP contribution >= 0.6 is 0 Å². The quantitative estimate of drug-likeness (QED) is 0.848. The van der Waals surface area contributed by atoms with Crippen LogP contribution < -0.4 is 10.2 Å². The van der Waals surface area contributed by atoms with Gasteiger partial charge in [-0.3, -0.25) is 0 Å². The van der Waals surface area contributed by atoms with Gasteiger partial charge in [-0.25, -0.2) is 4.98 Å². The van der Waals surface area contributed by atoms with Crippen molar-refractivity contribution in [1.82, 2.24) is 14.9 Å². The Balaban J connectivity index is 2.06. The third kappa shape index (κ3) is 1.78. The van der Waals surface area contributed by atoms with Crippen molar-refractivity contribution < 1.29 is 0 Å². The number of benzene rings is 1. The number of nitrogens with zero attached hydrogens (tertiary/aromatic N) is 3. The number of para-hydroxylation sites is 1. The summed E-state index contributed by atoms with van der Waals surface area (Å²) < 4.78 is 2.20.